The van der Waals surface area contributed by atoms with Gasteiger partial charge in [0.2, 0.25) is 10.0 Å². The van der Waals surface area contributed by atoms with E-state index in [0.717, 1.165) is 16.7 Å². The fraction of sp³-hybridized carbons (Fsp3) is 0.261. The molecule has 3 aromatic rings. The average Bonchev–Trinajstić information content (AvgIpc) is 3.41. The number of benzene rings is 2. The fourth-order valence-corrected chi connectivity index (χ4v) is 4.97. The van der Waals surface area contributed by atoms with Crippen LogP contribution in [0.25, 0.3) is 0 Å². The second-order valence-electron chi connectivity index (χ2n) is 8.15. The predicted molar refractivity (Wildman–Crippen MR) is 119 cm³/mol. The molecule has 8 nitrogen and oxygen atoms in total. The molecule has 1 aromatic heterocycles. The van der Waals surface area contributed by atoms with Gasteiger partial charge in [0.15, 0.2) is 5.78 Å². The van der Waals surface area contributed by atoms with Gasteiger partial charge in [-0.2, -0.15) is 18.3 Å². The number of amides is 1. The van der Waals surface area contributed by atoms with Crippen LogP contribution in [0.15, 0.2) is 65.8 Å². The highest BCUT2D eigenvalue weighted by atomic mass is 32.2. The summed E-state index contributed by atoms with van der Waals surface area (Å²) >= 11 is 0. The number of halogens is 3. The number of Topliss-reactive ketones (excluding diaryl/α,β-unsaturated/α-hetero) is 1. The number of ketones is 1. The van der Waals surface area contributed by atoms with E-state index in [-0.39, 0.29) is 23.4 Å². The maximum atomic E-state index is 13.3. The molecule has 0 aliphatic carbocycles. The van der Waals surface area contributed by atoms with Gasteiger partial charge in [-0.15, -0.1) is 0 Å². The number of rotatable bonds is 7. The number of nitrogens with zero attached hydrogens (tertiary/aromatic N) is 3. The summed E-state index contributed by atoms with van der Waals surface area (Å²) in [5.41, 5.74) is 1.77. The predicted octanol–water partition coefficient (Wildman–Crippen LogP) is 2.77. The van der Waals surface area contributed by atoms with E-state index < -0.39 is 40.5 Å². The zero-order chi connectivity index (χ0) is 25.4. The monoisotopic (exact) mass is 506 g/mol. The molecule has 4 rings (SSSR count). The van der Waals surface area contributed by atoms with E-state index in [1.54, 1.807) is 37.4 Å². The smallest absolute Gasteiger partial charge is 0.323 e. The highest BCUT2D eigenvalue weighted by Crippen LogP contribution is 2.39. The van der Waals surface area contributed by atoms with E-state index in [4.69, 9.17) is 0 Å². The Morgan fingerprint density at radius 3 is 2.49 bits per heavy atom. The van der Waals surface area contributed by atoms with Crippen LogP contribution < -0.4 is 4.72 Å². The topological polar surface area (TPSA) is 101 Å². The number of nitrogens with one attached hydrogen (secondary N) is 1. The van der Waals surface area contributed by atoms with E-state index in [2.05, 4.69) is 9.82 Å². The lowest BCUT2D eigenvalue weighted by molar-refractivity contribution is -0.188. The van der Waals surface area contributed by atoms with Crippen LogP contribution in [0.5, 0.6) is 0 Å². The molecule has 1 unspecified atom stereocenters. The molecule has 0 fully saturated rings. The number of carbonyl (C=O) groups excluding carboxylic acids is 2. The first-order valence-electron chi connectivity index (χ1n) is 10.5. The third-order valence-electron chi connectivity index (χ3n) is 5.73. The van der Waals surface area contributed by atoms with E-state index in [0.29, 0.717) is 11.1 Å². The molecule has 2 heterocycles. The SMILES string of the molecule is Cn1cc(S(=O)(=O)NCC(=O)c2ccc3c(c2)C(Cc2ccccc2)N(C(=O)C(F)(F)F)C3)cn1. The van der Waals surface area contributed by atoms with Crippen LogP contribution in [0.4, 0.5) is 13.2 Å². The Morgan fingerprint density at radius 2 is 1.86 bits per heavy atom. The van der Waals surface area contributed by atoms with Crippen molar-refractivity contribution in [3.8, 4) is 0 Å². The highest BCUT2D eigenvalue weighted by molar-refractivity contribution is 7.89. The lowest BCUT2D eigenvalue weighted by atomic mass is 9.95. The first-order chi connectivity index (χ1) is 16.5. The molecule has 1 aliphatic rings. The van der Waals surface area contributed by atoms with Crippen molar-refractivity contribution in [1.29, 1.82) is 0 Å². The van der Waals surface area contributed by atoms with Gasteiger partial charge in [-0.05, 0) is 29.2 Å². The lowest BCUT2D eigenvalue weighted by Crippen LogP contribution is -2.40. The van der Waals surface area contributed by atoms with Crippen molar-refractivity contribution in [1.82, 2.24) is 19.4 Å². The largest absolute Gasteiger partial charge is 0.471 e. The fourth-order valence-electron chi connectivity index (χ4n) is 4.00. The van der Waals surface area contributed by atoms with Gasteiger partial charge in [0.25, 0.3) is 0 Å². The van der Waals surface area contributed by atoms with Crippen LogP contribution in [-0.4, -0.2) is 47.5 Å². The van der Waals surface area contributed by atoms with Crippen molar-refractivity contribution < 1.29 is 31.2 Å². The number of alkyl halides is 3. The van der Waals surface area contributed by atoms with Gasteiger partial charge in [-0.3, -0.25) is 14.3 Å². The van der Waals surface area contributed by atoms with Crippen molar-refractivity contribution in [2.45, 2.75) is 30.1 Å². The van der Waals surface area contributed by atoms with Crippen molar-refractivity contribution in [3.63, 3.8) is 0 Å². The van der Waals surface area contributed by atoms with Gasteiger partial charge in [0, 0.05) is 25.4 Å². The Kier molecular flexibility index (Phi) is 6.52. The van der Waals surface area contributed by atoms with Gasteiger partial charge < -0.3 is 4.90 Å². The second-order valence-corrected chi connectivity index (χ2v) is 9.91. The molecule has 35 heavy (non-hydrogen) atoms. The molecular formula is C23H21F3N4O4S. The zero-order valence-corrected chi connectivity index (χ0v) is 19.3. The summed E-state index contributed by atoms with van der Waals surface area (Å²) in [5.74, 6) is -2.52. The standard InChI is InChI=1S/C23H21F3N4O4S/c1-29-14-18(11-27-29)35(33,34)28-12-21(31)16-7-8-17-13-30(22(32)23(24,25)26)20(19(17)10-16)9-15-5-3-2-4-6-15/h2-8,10-11,14,20,28H,9,12-13H2,1H3. The number of aromatic nitrogens is 2. The van der Waals surface area contributed by atoms with Crippen LogP contribution in [0, 0.1) is 0 Å². The van der Waals surface area contributed by atoms with Gasteiger partial charge in [0.1, 0.15) is 4.90 Å². The lowest BCUT2D eigenvalue weighted by Gasteiger charge is -2.26. The molecular weight excluding hydrogens is 485 g/mol. The maximum Gasteiger partial charge on any atom is 0.471 e. The summed E-state index contributed by atoms with van der Waals surface area (Å²) in [6, 6.07) is 12.2. The van der Waals surface area contributed by atoms with E-state index in [1.807, 2.05) is 0 Å². The van der Waals surface area contributed by atoms with Gasteiger partial charge in [-0.25, -0.2) is 13.1 Å². The van der Waals surface area contributed by atoms with Crippen molar-refractivity contribution in [3.05, 3.63) is 83.2 Å². The zero-order valence-electron chi connectivity index (χ0n) is 18.5. The van der Waals surface area contributed by atoms with E-state index in [1.165, 1.54) is 29.1 Å². The Balaban J connectivity index is 1.59. The quantitative estimate of drug-likeness (QED) is 0.497. The molecule has 0 radical (unpaired) electrons. The maximum absolute atomic E-state index is 13.3. The van der Waals surface area contributed by atoms with Crippen molar-refractivity contribution in [2.75, 3.05) is 6.54 Å². The summed E-state index contributed by atoms with van der Waals surface area (Å²) in [6.07, 6.45) is -2.49. The van der Waals surface area contributed by atoms with Gasteiger partial charge in [0.05, 0.1) is 18.8 Å². The van der Waals surface area contributed by atoms with Crippen LogP contribution in [-0.2, 0) is 34.8 Å². The van der Waals surface area contributed by atoms with Crippen LogP contribution in [0.3, 0.4) is 0 Å². The first kappa shape index (κ1) is 24.6. The minimum atomic E-state index is -5.04. The summed E-state index contributed by atoms with van der Waals surface area (Å²) in [7, 11) is -2.42. The minimum absolute atomic E-state index is 0.106. The molecule has 1 N–H and O–H groups in total. The number of hydrogen-bond donors (Lipinski definition) is 1. The average molecular weight is 507 g/mol. The molecule has 1 atom stereocenters. The Bertz CT molecular complexity index is 1370. The molecule has 0 saturated carbocycles. The van der Waals surface area contributed by atoms with E-state index >= 15 is 0 Å². The number of fused-ring (bicyclic) bond motifs is 1. The molecule has 1 amide bonds. The molecule has 184 valence electrons. The van der Waals surface area contributed by atoms with Crippen LogP contribution in [0.1, 0.15) is 33.1 Å². The normalized spacial score (nSPS) is 15.8. The Morgan fingerprint density at radius 1 is 1.14 bits per heavy atom. The van der Waals surface area contributed by atoms with Gasteiger partial charge in [-0.1, -0.05) is 42.5 Å². The summed E-state index contributed by atoms with van der Waals surface area (Å²) in [4.78, 5) is 25.6. The molecule has 1 aliphatic heterocycles. The first-order valence-corrected chi connectivity index (χ1v) is 12.0. The molecule has 12 heteroatoms. The minimum Gasteiger partial charge on any atom is -0.323 e. The molecule has 2 aromatic carbocycles. The van der Waals surface area contributed by atoms with Crippen LogP contribution >= 0.6 is 0 Å². The number of sulfonamides is 1. The number of hydrogen-bond acceptors (Lipinski definition) is 5. The number of aryl methyl sites for hydroxylation is 1. The van der Waals surface area contributed by atoms with E-state index in [9.17, 15) is 31.2 Å². The number of carbonyl (C=O) groups is 2. The summed E-state index contributed by atoms with van der Waals surface area (Å²) in [6.45, 7) is -0.794. The summed E-state index contributed by atoms with van der Waals surface area (Å²) in [5, 5.41) is 3.79. The highest BCUT2D eigenvalue weighted by Gasteiger charge is 2.47. The Hall–Kier alpha value is -3.51. The van der Waals surface area contributed by atoms with Gasteiger partial charge >= 0.3 is 12.1 Å². The molecule has 0 spiro atoms. The van der Waals surface area contributed by atoms with Crippen molar-refractivity contribution >= 4 is 21.7 Å². The summed E-state index contributed by atoms with van der Waals surface area (Å²) < 4.78 is 68.1. The molecule has 0 saturated heterocycles. The third-order valence-corrected chi connectivity index (χ3v) is 7.09. The van der Waals surface area contributed by atoms with Crippen molar-refractivity contribution in [2.24, 2.45) is 7.05 Å². The Labute approximate surface area is 199 Å². The second kappa shape index (κ2) is 9.27. The third kappa shape index (κ3) is 5.28. The molecule has 0 bridgehead atoms. The van der Waals surface area contributed by atoms with Crippen LogP contribution in [0.2, 0.25) is 0 Å².